The van der Waals surface area contributed by atoms with Crippen molar-refractivity contribution < 1.29 is 19.0 Å². The van der Waals surface area contributed by atoms with Gasteiger partial charge in [-0.1, -0.05) is 40.2 Å². The van der Waals surface area contributed by atoms with Crippen molar-refractivity contribution in [3.05, 3.63) is 58.6 Å². The molecule has 0 saturated heterocycles. The van der Waals surface area contributed by atoms with Gasteiger partial charge >= 0.3 is 5.97 Å². The lowest BCUT2D eigenvalue weighted by Crippen LogP contribution is -2.44. The highest BCUT2D eigenvalue weighted by Crippen LogP contribution is 2.33. The van der Waals surface area contributed by atoms with Crippen molar-refractivity contribution in [2.24, 2.45) is 0 Å². The number of rotatable bonds is 3. The molecular weight excluding hydrogens is 348 g/mol. The minimum Gasteiger partial charge on any atom is -0.482 e. The van der Waals surface area contributed by atoms with Crippen LogP contribution in [0.3, 0.4) is 0 Å². The van der Waals surface area contributed by atoms with Crippen LogP contribution in [0.1, 0.15) is 12.5 Å². The molecule has 0 aromatic heterocycles. The molecule has 0 fully saturated rings. The second-order valence-corrected chi connectivity index (χ2v) is 5.96. The molecule has 2 atom stereocenters. The molecule has 2 aromatic carbocycles. The van der Waals surface area contributed by atoms with E-state index in [0.717, 1.165) is 10.0 Å². The van der Waals surface area contributed by atoms with Gasteiger partial charge in [-0.15, -0.1) is 0 Å². The number of carbonyl (C=O) groups excluding carboxylic acids is 1. The van der Waals surface area contributed by atoms with E-state index in [0.29, 0.717) is 11.5 Å². The zero-order valence-electron chi connectivity index (χ0n) is 12.0. The van der Waals surface area contributed by atoms with Crippen molar-refractivity contribution in [2.75, 3.05) is 0 Å². The molecule has 1 aliphatic rings. The third kappa shape index (κ3) is 3.25. The molecule has 22 heavy (non-hydrogen) atoms. The van der Waals surface area contributed by atoms with E-state index in [9.17, 15) is 4.79 Å². The summed E-state index contributed by atoms with van der Waals surface area (Å²) in [4.78, 5) is 12.2. The maximum atomic E-state index is 12.2. The average Bonchev–Trinajstić information content (AvgIpc) is 2.53. The zero-order chi connectivity index (χ0) is 15.5. The van der Waals surface area contributed by atoms with Crippen LogP contribution < -0.4 is 9.47 Å². The van der Waals surface area contributed by atoms with Crippen LogP contribution in [0.25, 0.3) is 0 Å². The lowest BCUT2D eigenvalue weighted by molar-refractivity contribution is -0.159. The van der Waals surface area contributed by atoms with Crippen LogP contribution in [-0.2, 0) is 16.1 Å². The number of benzene rings is 2. The Balaban J connectivity index is 1.64. The maximum absolute atomic E-state index is 12.2. The number of carbonyl (C=O) groups is 1. The van der Waals surface area contributed by atoms with Crippen molar-refractivity contribution in [3.8, 4) is 11.5 Å². The molecule has 0 amide bonds. The Morgan fingerprint density at radius 3 is 2.41 bits per heavy atom. The Bertz CT molecular complexity index is 669. The Kier molecular flexibility index (Phi) is 4.34. The number of hydrogen-bond acceptors (Lipinski definition) is 4. The summed E-state index contributed by atoms with van der Waals surface area (Å²) >= 11 is 3.37. The van der Waals surface area contributed by atoms with Gasteiger partial charge in [-0.05, 0) is 36.8 Å². The van der Waals surface area contributed by atoms with Gasteiger partial charge in [0.05, 0.1) is 0 Å². The van der Waals surface area contributed by atoms with Crippen molar-refractivity contribution in [2.45, 2.75) is 25.7 Å². The molecule has 114 valence electrons. The summed E-state index contributed by atoms with van der Waals surface area (Å²) in [5, 5.41) is 0. The number of para-hydroxylation sites is 2. The largest absolute Gasteiger partial charge is 0.482 e. The number of halogens is 1. The average molecular weight is 363 g/mol. The van der Waals surface area contributed by atoms with Crippen LogP contribution >= 0.6 is 15.9 Å². The van der Waals surface area contributed by atoms with E-state index >= 15 is 0 Å². The van der Waals surface area contributed by atoms with Crippen molar-refractivity contribution in [3.63, 3.8) is 0 Å². The van der Waals surface area contributed by atoms with Gasteiger partial charge in [0.25, 0.3) is 0 Å². The molecule has 4 nitrogen and oxygen atoms in total. The first-order chi connectivity index (χ1) is 10.6. The van der Waals surface area contributed by atoms with Crippen LogP contribution in [-0.4, -0.2) is 18.2 Å². The lowest BCUT2D eigenvalue weighted by Gasteiger charge is -2.30. The van der Waals surface area contributed by atoms with Crippen molar-refractivity contribution in [1.82, 2.24) is 0 Å². The fourth-order valence-electron chi connectivity index (χ4n) is 2.20. The second kappa shape index (κ2) is 6.40. The normalized spacial score (nSPS) is 19.5. The highest BCUT2D eigenvalue weighted by molar-refractivity contribution is 9.10. The minimum atomic E-state index is -0.759. The standard InChI is InChI=1S/C17H15BrO4/c1-11-16(22-15-5-3-2-4-14(15)21-11)17(19)20-10-12-6-8-13(18)9-7-12/h2-9,11,16H,10H2,1H3. The first-order valence-electron chi connectivity index (χ1n) is 6.97. The van der Waals surface area contributed by atoms with Gasteiger partial charge in [-0.3, -0.25) is 0 Å². The zero-order valence-corrected chi connectivity index (χ0v) is 13.6. The van der Waals surface area contributed by atoms with E-state index in [-0.39, 0.29) is 6.61 Å². The molecule has 0 saturated carbocycles. The molecule has 2 aromatic rings. The summed E-state index contributed by atoms with van der Waals surface area (Å²) in [7, 11) is 0. The number of fused-ring (bicyclic) bond motifs is 1. The van der Waals surface area contributed by atoms with Crippen molar-refractivity contribution >= 4 is 21.9 Å². The summed E-state index contributed by atoms with van der Waals surface area (Å²) in [6.07, 6.45) is -1.15. The van der Waals surface area contributed by atoms with Crippen LogP contribution in [0.2, 0.25) is 0 Å². The molecule has 0 spiro atoms. The van der Waals surface area contributed by atoms with Crippen LogP contribution in [0.5, 0.6) is 11.5 Å². The third-order valence-corrected chi connectivity index (χ3v) is 3.90. The molecule has 0 aliphatic carbocycles. The molecule has 2 unspecified atom stereocenters. The summed E-state index contributed by atoms with van der Waals surface area (Å²) in [6, 6.07) is 14.9. The second-order valence-electron chi connectivity index (χ2n) is 5.04. The summed E-state index contributed by atoms with van der Waals surface area (Å²) in [6.45, 7) is 2.00. The van der Waals surface area contributed by atoms with E-state index in [4.69, 9.17) is 14.2 Å². The minimum absolute atomic E-state index is 0.209. The Morgan fingerprint density at radius 1 is 1.09 bits per heavy atom. The molecule has 0 radical (unpaired) electrons. The molecular formula is C17H15BrO4. The Hall–Kier alpha value is -2.01. The van der Waals surface area contributed by atoms with E-state index in [1.807, 2.05) is 42.5 Å². The molecule has 0 N–H and O–H groups in total. The van der Waals surface area contributed by atoms with Gasteiger partial charge in [-0.2, -0.15) is 0 Å². The van der Waals surface area contributed by atoms with E-state index < -0.39 is 18.2 Å². The molecule has 3 rings (SSSR count). The molecule has 0 bridgehead atoms. The van der Waals surface area contributed by atoms with Gasteiger partial charge < -0.3 is 14.2 Å². The number of hydrogen-bond donors (Lipinski definition) is 0. The van der Waals surface area contributed by atoms with Crippen molar-refractivity contribution in [1.29, 1.82) is 0 Å². The Morgan fingerprint density at radius 2 is 1.73 bits per heavy atom. The topological polar surface area (TPSA) is 44.8 Å². The summed E-state index contributed by atoms with van der Waals surface area (Å²) in [5.41, 5.74) is 0.918. The van der Waals surface area contributed by atoms with Crippen LogP contribution in [0.15, 0.2) is 53.0 Å². The highest BCUT2D eigenvalue weighted by atomic mass is 79.9. The maximum Gasteiger partial charge on any atom is 0.351 e. The fourth-order valence-corrected chi connectivity index (χ4v) is 2.46. The van der Waals surface area contributed by atoms with Crippen LogP contribution in [0.4, 0.5) is 0 Å². The van der Waals surface area contributed by atoms with Gasteiger partial charge in [0, 0.05) is 4.47 Å². The predicted octanol–water partition coefficient (Wildman–Crippen LogP) is 3.72. The van der Waals surface area contributed by atoms with Gasteiger partial charge in [0.2, 0.25) is 6.10 Å². The van der Waals surface area contributed by atoms with Gasteiger partial charge in [0.1, 0.15) is 12.7 Å². The third-order valence-electron chi connectivity index (χ3n) is 3.37. The SMILES string of the molecule is CC1Oc2ccccc2OC1C(=O)OCc1ccc(Br)cc1. The number of esters is 1. The highest BCUT2D eigenvalue weighted by Gasteiger charge is 2.35. The van der Waals surface area contributed by atoms with Gasteiger partial charge in [-0.25, -0.2) is 4.79 Å². The van der Waals surface area contributed by atoms with Crippen LogP contribution in [0, 0.1) is 0 Å². The monoisotopic (exact) mass is 362 g/mol. The van der Waals surface area contributed by atoms with Gasteiger partial charge in [0.15, 0.2) is 11.5 Å². The Labute approximate surface area is 137 Å². The smallest absolute Gasteiger partial charge is 0.351 e. The first-order valence-corrected chi connectivity index (χ1v) is 7.76. The summed E-state index contributed by atoms with van der Waals surface area (Å²) < 4.78 is 17.7. The van der Waals surface area contributed by atoms with E-state index in [2.05, 4.69) is 15.9 Å². The fraction of sp³-hybridized carbons (Fsp3) is 0.235. The summed E-state index contributed by atoms with van der Waals surface area (Å²) in [5.74, 6) is 0.781. The quantitative estimate of drug-likeness (QED) is 0.780. The first kappa shape index (κ1) is 14.9. The molecule has 1 aliphatic heterocycles. The number of ether oxygens (including phenoxy) is 3. The predicted molar refractivity (Wildman–Crippen MR) is 84.9 cm³/mol. The van der Waals surface area contributed by atoms with E-state index in [1.54, 1.807) is 13.0 Å². The van der Waals surface area contributed by atoms with E-state index in [1.165, 1.54) is 0 Å². The lowest BCUT2D eigenvalue weighted by atomic mass is 10.2. The molecule has 1 heterocycles. The molecule has 5 heteroatoms.